The second-order valence-electron chi connectivity index (χ2n) is 3.96. The second-order valence-corrected chi connectivity index (χ2v) is 5.12. The number of ether oxygens (including phenoxy) is 1. The molecule has 0 bridgehead atoms. The van der Waals surface area contributed by atoms with Gasteiger partial charge in [0.1, 0.15) is 23.5 Å². The van der Waals surface area contributed by atoms with Gasteiger partial charge in [-0.15, -0.1) is 0 Å². The van der Waals surface area contributed by atoms with E-state index in [-0.39, 0.29) is 5.56 Å². The van der Waals surface area contributed by atoms with Crippen LogP contribution in [0, 0.1) is 15.2 Å². The lowest BCUT2D eigenvalue weighted by Gasteiger charge is -2.15. The van der Waals surface area contributed by atoms with E-state index in [9.17, 15) is 13.9 Å². The predicted molar refractivity (Wildman–Crippen MR) is 76.1 cm³/mol. The number of rotatable bonds is 3. The highest BCUT2D eigenvalue weighted by atomic mass is 127. The summed E-state index contributed by atoms with van der Waals surface area (Å²) in [5.74, 6) is -0.579. The molecule has 100 valence electrons. The normalized spacial score (nSPS) is 12.3. The summed E-state index contributed by atoms with van der Waals surface area (Å²) in [5, 5.41) is 10.2. The van der Waals surface area contributed by atoms with Crippen LogP contribution < -0.4 is 4.74 Å². The van der Waals surface area contributed by atoms with Crippen LogP contribution in [0.1, 0.15) is 17.2 Å². The summed E-state index contributed by atoms with van der Waals surface area (Å²) < 4.78 is 32.3. The Hall–Kier alpha value is -1.21. The fourth-order valence-electron chi connectivity index (χ4n) is 1.75. The van der Waals surface area contributed by atoms with E-state index in [2.05, 4.69) is 0 Å². The second kappa shape index (κ2) is 5.83. The zero-order valence-electron chi connectivity index (χ0n) is 10.0. The summed E-state index contributed by atoms with van der Waals surface area (Å²) in [7, 11) is 1.44. The summed E-state index contributed by atoms with van der Waals surface area (Å²) in [6.45, 7) is 0. The Morgan fingerprint density at radius 3 is 2.37 bits per heavy atom. The number of halogens is 3. The summed E-state index contributed by atoms with van der Waals surface area (Å²) in [4.78, 5) is 0. The fraction of sp³-hybridized carbons (Fsp3) is 0.143. The van der Waals surface area contributed by atoms with Crippen LogP contribution in [-0.2, 0) is 0 Å². The van der Waals surface area contributed by atoms with Crippen molar-refractivity contribution < 1.29 is 18.6 Å². The maximum Gasteiger partial charge on any atom is 0.133 e. The van der Waals surface area contributed by atoms with Crippen LogP contribution >= 0.6 is 22.6 Å². The molecule has 1 unspecified atom stereocenters. The standard InChI is InChI=1S/C14H11F2IO2/c1-19-9-3-5-10(12(16)7-9)14(18)11-4-2-8(15)6-13(11)17/h2-7,14,18H,1H3. The largest absolute Gasteiger partial charge is 0.497 e. The predicted octanol–water partition coefficient (Wildman–Crippen LogP) is 3.66. The molecule has 1 N–H and O–H groups in total. The molecule has 0 amide bonds. The lowest BCUT2D eigenvalue weighted by molar-refractivity contribution is 0.213. The highest BCUT2D eigenvalue weighted by molar-refractivity contribution is 14.1. The van der Waals surface area contributed by atoms with Crippen LogP contribution in [-0.4, -0.2) is 12.2 Å². The summed E-state index contributed by atoms with van der Waals surface area (Å²) >= 11 is 1.91. The average Bonchev–Trinajstić information content (AvgIpc) is 2.37. The minimum atomic E-state index is -1.14. The Kier molecular flexibility index (Phi) is 4.36. The quantitative estimate of drug-likeness (QED) is 0.829. The number of benzene rings is 2. The molecule has 0 saturated heterocycles. The molecule has 0 spiro atoms. The first-order chi connectivity index (χ1) is 9.02. The third-order valence-corrected chi connectivity index (χ3v) is 3.69. The summed E-state index contributed by atoms with van der Waals surface area (Å²) in [6, 6.07) is 8.21. The molecule has 1 atom stereocenters. The third-order valence-electron chi connectivity index (χ3n) is 2.76. The third kappa shape index (κ3) is 3.03. The molecular weight excluding hydrogens is 365 g/mol. The van der Waals surface area contributed by atoms with Crippen LogP contribution in [0.4, 0.5) is 8.78 Å². The van der Waals surface area contributed by atoms with Gasteiger partial charge >= 0.3 is 0 Å². The lowest BCUT2D eigenvalue weighted by atomic mass is 10.0. The summed E-state index contributed by atoms with van der Waals surface area (Å²) in [5.41, 5.74) is 0.594. The highest BCUT2D eigenvalue weighted by Crippen LogP contribution is 2.29. The maximum absolute atomic E-state index is 13.9. The van der Waals surface area contributed by atoms with E-state index in [1.807, 2.05) is 22.6 Å². The highest BCUT2D eigenvalue weighted by Gasteiger charge is 2.18. The van der Waals surface area contributed by atoms with Crippen molar-refractivity contribution in [2.45, 2.75) is 6.10 Å². The molecule has 0 saturated carbocycles. The van der Waals surface area contributed by atoms with E-state index >= 15 is 0 Å². The van der Waals surface area contributed by atoms with Gasteiger partial charge in [-0.2, -0.15) is 0 Å². The molecule has 0 heterocycles. The van der Waals surface area contributed by atoms with Crippen molar-refractivity contribution in [1.82, 2.24) is 0 Å². The Bertz CT molecular complexity index is 602. The van der Waals surface area contributed by atoms with Gasteiger partial charge in [0.15, 0.2) is 0 Å². The smallest absolute Gasteiger partial charge is 0.133 e. The Morgan fingerprint density at radius 1 is 1.11 bits per heavy atom. The topological polar surface area (TPSA) is 29.5 Å². The monoisotopic (exact) mass is 376 g/mol. The SMILES string of the molecule is COc1ccc(C(O)c2ccc(F)cc2I)c(F)c1. The Morgan fingerprint density at radius 2 is 1.79 bits per heavy atom. The van der Waals surface area contributed by atoms with Crippen molar-refractivity contribution in [1.29, 1.82) is 0 Å². The van der Waals surface area contributed by atoms with Gasteiger partial charge in [-0.05, 0) is 52.4 Å². The van der Waals surface area contributed by atoms with Crippen LogP contribution in [0.15, 0.2) is 36.4 Å². The van der Waals surface area contributed by atoms with Gasteiger partial charge in [-0.3, -0.25) is 0 Å². The molecule has 0 radical (unpaired) electrons. The minimum absolute atomic E-state index is 0.130. The number of hydrogen-bond acceptors (Lipinski definition) is 2. The zero-order valence-corrected chi connectivity index (χ0v) is 12.2. The van der Waals surface area contributed by atoms with Crippen LogP contribution in [0.5, 0.6) is 5.75 Å². The fourth-order valence-corrected chi connectivity index (χ4v) is 2.52. The molecule has 2 rings (SSSR count). The van der Waals surface area contributed by atoms with Crippen molar-refractivity contribution in [3.8, 4) is 5.75 Å². The molecular formula is C14H11F2IO2. The van der Waals surface area contributed by atoms with Crippen LogP contribution in [0.3, 0.4) is 0 Å². The minimum Gasteiger partial charge on any atom is -0.497 e. The molecule has 5 heteroatoms. The van der Waals surface area contributed by atoms with E-state index in [0.29, 0.717) is 14.9 Å². The maximum atomic E-state index is 13.9. The molecule has 2 nitrogen and oxygen atoms in total. The molecule has 0 aliphatic rings. The summed E-state index contributed by atoms with van der Waals surface area (Å²) in [6.07, 6.45) is -1.14. The molecule has 0 aliphatic carbocycles. The Balaban J connectivity index is 2.41. The van der Waals surface area contributed by atoms with Gasteiger partial charge in [0.05, 0.1) is 7.11 Å². The Labute approximate surface area is 123 Å². The van der Waals surface area contributed by atoms with E-state index in [0.717, 1.165) is 0 Å². The van der Waals surface area contributed by atoms with Gasteiger partial charge in [0, 0.05) is 15.2 Å². The molecule has 0 aliphatic heterocycles. The molecule has 0 aromatic heterocycles. The van der Waals surface area contributed by atoms with Crippen molar-refractivity contribution in [2.75, 3.05) is 7.11 Å². The molecule has 2 aromatic rings. The lowest BCUT2D eigenvalue weighted by Crippen LogP contribution is -2.05. The van der Waals surface area contributed by atoms with Gasteiger partial charge < -0.3 is 9.84 Å². The number of methoxy groups -OCH3 is 1. The van der Waals surface area contributed by atoms with E-state index in [1.165, 1.54) is 37.4 Å². The first-order valence-electron chi connectivity index (χ1n) is 5.49. The van der Waals surface area contributed by atoms with E-state index < -0.39 is 17.7 Å². The van der Waals surface area contributed by atoms with Gasteiger partial charge in [0.25, 0.3) is 0 Å². The van der Waals surface area contributed by atoms with E-state index in [4.69, 9.17) is 4.74 Å². The van der Waals surface area contributed by atoms with Crippen molar-refractivity contribution in [3.05, 3.63) is 62.7 Å². The first-order valence-corrected chi connectivity index (χ1v) is 6.57. The van der Waals surface area contributed by atoms with Gasteiger partial charge in [-0.25, -0.2) is 8.78 Å². The zero-order chi connectivity index (χ0) is 14.0. The van der Waals surface area contributed by atoms with Crippen LogP contribution in [0.25, 0.3) is 0 Å². The van der Waals surface area contributed by atoms with Crippen molar-refractivity contribution in [2.24, 2.45) is 0 Å². The van der Waals surface area contributed by atoms with Crippen LogP contribution in [0.2, 0.25) is 0 Å². The number of hydrogen-bond donors (Lipinski definition) is 1. The van der Waals surface area contributed by atoms with Gasteiger partial charge in [-0.1, -0.05) is 6.07 Å². The van der Waals surface area contributed by atoms with E-state index in [1.54, 1.807) is 6.07 Å². The average molecular weight is 376 g/mol. The van der Waals surface area contributed by atoms with Gasteiger partial charge in [0.2, 0.25) is 0 Å². The molecule has 19 heavy (non-hydrogen) atoms. The van der Waals surface area contributed by atoms with Crippen molar-refractivity contribution >= 4 is 22.6 Å². The molecule has 2 aromatic carbocycles. The number of aliphatic hydroxyl groups excluding tert-OH is 1. The molecule has 0 fully saturated rings. The van der Waals surface area contributed by atoms with Crippen molar-refractivity contribution in [3.63, 3.8) is 0 Å². The number of aliphatic hydroxyl groups is 1. The first kappa shape index (κ1) is 14.2.